The number of amides is 2. The van der Waals surface area contributed by atoms with Gasteiger partial charge in [-0.3, -0.25) is 9.59 Å². The van der Waals surface area contributed by atoms with Crippen molar-refractivity contribution in [2.45, 2.75) is 26.7 Å². The second kappa shape index (κ2) is 9.34. The highest BCUT2D eigenvalue weighted by Crippen LogP contribution is 2.20. The normalized spacial score (nSPS) is 9.55. The van der Waals surface area contributed by atoms with Gasteiger partial charge in [-0.15, -0.1) is 12.4 Å². The van der Waals surface area contributed by atoms with Crippen molar-refractivity contribution < 1.29 is 9.59 Å². The molecule has 1 rings (SSSR count). The Kier molecular flexibility index (Phi) is 8.59. The minimum atomic E-state index is -0.124. The van der Waals surface area contributed by atoms with E-state index in [-0.39, 0.29) is 24.2 Å². The average Bonchev–Trinajstić information content (AvgIpc) is 2.33. The Morgan fingerprint density at radius 3 is 2.50 bits per heavy atom. The van der Waals surface area contributed by atoms with E-state index in [4.69, 9.17) is 0 Å². The molecule has 1 aromatic rings. The van der Waals surface area contributed by atoms with Gasteiger partial charge < -0.3 is 16.0 Å². The Morgan fingerprint density at radius 1 is 1.20 bits per heavy atom. The third-order valence-electron chi connectivity index (χ3n) is 2.66. The summed E-state index contributed by atoms with van der Waals surface area (Å²) in [5, 5.41) is 8.56. The van der Waals surface area contributed by atoms with Crippen LogP contribution in [0.15, 0.2) is 18.2 Å². The van der Waals surface area contributed by atoms with Gasteiger partial charge in [-0.05, 0) is 44.6 Å². The highest BCUT2D eigenvalue weighted by Gasteiger charge is 2.05. The van der Waals surface area contributed by atoms with Gasteiger partial charge >= 0.3 is 0 Å². The van der Waals surface area contributed by atoms with Gasteiger partial charge in [0.25, 0.3) is 0 Å². The summed E-state index contributed by atoms with van der Waals surface area (Å²) < 4.78 is 0. The molecule has 0 aliphatic heterocycles. The van der Waals surface area contributed by atoms with Crippen LogP contribution in [0.3, 0.4) is 0 Å². The van der Waals surface area contributed by atoms with Crippen molar-refractivity contribution >= 4 is 35.6 Å². The molecule has 0 aliphatic carbocycles. The second-order valence-electron chi connectivity index (χ2n) is 4.47. The number of benzene rings is 1. The van der Waals surface area contributed by atoms with Crippen LogP contribution in [0.1, 0.15) is 25.3 Å². The predicted molar refractivity (Wildman–Crippen MR) is 84.5 cm³/mol. The molecule has 0 aliphatic rings. The lowest BCUT2D eigenvalue weighted by atomic mass is 10.1. The lowest BCUT2D eigenvalue weighted by molar-refractivity contribution is -0.116. The summed E-state index contributed by atoms with van der Waals surface area (Å²) >= 11 is 0. The fraction of sp³-hybridized carbons (Fsp3) is 0.429. The van der Waals surface area contributed by atoms with Gasteiger partial charge in [0.05, 0.1) is 0 Å². The summed E-state index contributed by atoms with van der Waals surface area (Å²) in [6.45, 7) is 4.19. The number of hydrogen-bond acceptors (Lipinski definition) is 3. The molecule has 0 spiro atoms. The Morgan fingerprint density at radius 2 is 1.90 bits per heavy atom. The lowest BCUT2D eigenvalue weighted by Gasteiger charge is -2.10. The smallest absolute Gasteiger partial charge is 0.224 e. The summed E-state index contributed by atoms with van der Waals surface area (Å²) in [5.74, 6) is -0.145. The highest BCUT2D eigenvalue weighted by atomic mass is 35.5. The van der Waals surface area contributed by atoms with Crippen molar-refractivity contribution in [2.24, 2.45) is 0 Å². The largest absolute Gasteiger partial charge is 0.326 e. The molecule has 0 radical (unpaired) electrons. The summed E-state index contributed by atoms with van der Waals surface area (Å²) in [5.41, 5.74) is 2.38. The Hall–Kier alpha value is -1.59. The van der Waals surface area contributed by atoms with Crippen molar-refractivity contribution in [2.75, 3.05) is 24.2 Å². The first-order valence-corrected chi connectivity index (χ1v) is 6.35. The van der Waals surface area contributed by atoms with Crippen LogP contribution in [0.2, 0.25) is 0 Å². The van der Waals surface area contributed by atoms with Gasteiger partial charge in [-0.2, -0.15) is 0 Å². The van der Waals surface area contributed by atoms with E-state index in [1.807, 2.05) is 26.1 Å². The topological polar surface area (TPSA) is 70.2 Å². The summed E-state index contributed by atoms with van der Waals surface area (Å²) in [4.78, 5) is 22.7. The Balaban J connectivity index is 0.00000361. The lowest BCUT2D eigenvalue weighted by Crippen LogP contribution is -2.15. The van der Waals surface area contributed by atoms with Crippen LogP contribution in [0.4, 0.5) is 11.4 Å². The van der Waals surface area contributed by atoms with Crippen LogP contribution in [0, 0.1) is 6.92 Å². The van der Waals surface area contributed by atoms with E-state index in [0.717, 1.165) is 24.2 Å². The molecular weight excluding hydrogens is 278 g/mol. The molecule has 5 nitrogen and oxygen atoms in total. The van der Waals surface area contributed by atoms with Crippen LogP contribution < -0.4 is 16.0 Å². The highest BCUT2D eigenvalue weighted by molar-refractivity contribution is 5.93. The molecule has 0 unspecified atom stereocenters. The molecular formula is C14H22ClN3O2. The van der Waals surface area contributed by atoms with Gasteiger partial charge in [-0.25, -0.2) is 0 Å². The van der Waals surface area contributed by atoms with Gasteiger partial charge in [0.1, 0.15) is 0 Å². The minimum Gasteiger partial charge on any atom is -0.326 e. The molecule has 6 heteroatoms. The van der Waals surface area contributed by atoms with Crippen molar-refractivity contribution in [3.8, 4) is 0 Å². The number of carbonyl (C=O) groups excluding carboxylic acids is 2. The molecule has 0 aromatic heterocycles. The van der Waals surface area contributed by atoms with E-state index in [1.54, 1.807) is 6.07 Å². The van der Waals surface area contributed by atoms with E-state index < -0.39 is 0 Å². The molecule has 112 valence electrons. The maximum absolute atomic E-state index is 11.7. The zero-order valence-corrected chi connectivity index (χ0v) is 12.9. The molecule has 0 heterocycles. The molecule has 0 saturated heterocycles. The van der Waals surface area contributed by atoms with E-state index in [1.165, 1.54) is 6.92 Å². The zero-order valence-electron chi connectivity index (χ0n) is 12.1. The van der Waals surface area contributed by atoms with Crippen molar-refractivity contribution in [1.29, 1.82) is 0 Å². The molecule has 2 amide bonds. The van der Waals surface area contributed by atoms with E-state index in [0.29, 0.717) is 12.1 Å². The second-order valence-corrected chi connectivity index (χ2v) is 4.47. The summed E-state index contributed by atoms with van der Waals surface area (Å²) in [6, 6.07) is 5.47. The van der Waals surface area contributed by atoms with Gasteiger partial charge in [-0.1, -0.05) is 6.07 Å². The summed E-state index contributed by atoms with van der Waals surface area (Å²) in [6.07, 6.45) is 1.27. The maximum atomic E-state index is 11.7. The van der Waals surface area contributed by atoms with Gasteiger partial charge in [0.2, 0.25) is 11.8 Å². The van der Waals surface area contributed by atoms with Crippen LogP contribution in [0.5, 0.6) is 0 Å². The molecule has 0 saturated carbocycles. The number of anilines is 2. The van der Waals surface area contributed by atoms with E-state index >= 15 is 0 Å². The van der Waals surface area contributed by atoms with Crippen LogP contribution in [-0.4, -0.2) is 25.4 Å². The quantitative estimate of drug-likeness (QED) is 0.706. The molecule has 20 heavy (non-hydrogen) atoms. The first kappa shape index (κ1) is 18.4. The average molecular weight is 300 g/mol. The SMILES string of the molecule is CNCCCC(=O)Nc1ccc(C)c(NC(C)=O)c1.Cl. The van der Waals surface area contributed by atoms with Crippen molar-refractivity contribution in [1.82, 2.24) is 5.32 Å². The van der Waals surface area contributed by atoms with Crippen LogP contribution in [0.25, 0.3) is 0 Å². The minimum absolute atomic E-state index is 0. The van der Waals surface area contributed by atoms with Crippen LogP contribution in [-0.2, 0) is 9.59 Å². The first-order valence-electron chi connectivity index (χ1n) is 6.35. The maximum Gasteiger partial charge on any atom is 0.224 e. The fourth-order valence-electron chi connectivity index (χ4n) is 1.67. The number of aryl methyl sites for hydroxylation is 1. The fourth-order valence-corrected chi connectivity index (χ4v) is 1.67. The Labute approximate surface area is 125 Å². The first-order chi connectivity index (χ1) is 9.02. The predicted octanol–water partition coefficient (Wildman–Crippen LogP) is 2.31. The number of halogens is 1. The number of nitrogens with one attached hydrogen (secondary N) is 3. The molecule has 0 bridgehead atoms. The monoisotopic (exact) mass is 299 g/mol. The summed E-state index contributed by atoms with van der Waals surface area (Å²) in [7, 11) is 1.86. The van der Waals surface area contributed by atoms with Crippen LogP contribution >= 0.6 is 12.4 Å². The molecule has 0 atom stereocenters. The molecule has 0 fully saturated rings. The molecule has 1 aromatic carbocycles. The van der Waals surface area contributed by atoms with Gasteiger partial charge in [0.15, 0.2) is 0 Å². The van der Waals surface area contributed by atoms with E-state index in [2.05, 4.69) is 16.0 Å². The Bertz CT molecular complexity index is 464. The van der Waals surface area contributed by atoms with Crippen molar-refractivity contribution in [3.05, 3.63) is 23.8 Å². The molecule has 3 N–H and O–H groups in total. The zero-order chi connectivity index (χ0) is 14.3. The van der Waals surface area contributed by atoms with Gasteiger partial charge in [0, 0.05) is 24.7 Å². The van der Waals surface area contributed by atoms with E-state index in [9.17, 15) is 9.59 Å². The third-order valence-corrected chi connectivity index (χ3v) is 2.66. The number of hydrogen-bond donors (Lipinski definition) is 3. The number of carbonyl (C=O) groups is 2. The van der Waals surface area contributed by atoms with Crippen molar-refractivity contribution in [3.63, 3.8) is 0 Å². The third kappa shape index (κ3) is 6.54. The standard InChI is InChI=1S/C14H21N3O2.ClH/c1-10-6-7-12(9-13(10)16-11(2)18)17-14(19)5-4-8-15-3;/h6-7,9,15H,4-5,8H2,1-3H3,(H,16,18)(H,17,19);1H. The number of rotatable bonds is 6.